The molecule has 0 aromatic heterocycles. The lowest BCUT2D eigenvalue weighted by molar-refractivity contribution is 0.0628. The highest BCUT2D eigenvalue weighted by Crippen LogP contribution is 2.22. The molecule has 1 aromatic rings. The molecule has 0 aliphatic carbocycles. The second kappa shape index (κ2) is 4.96. The van der Waals surface area contributed by atoms with Crippen molar-refractivity contribution in [1.82, 2.24) is 10.4 Å². The SMILES string of the molecule is O=C(OCc1ccccc1)N1CC2CONC2C1. The lowest BCUT2D eigenvalue weighted by Crippen LogP contribution is -2.33. The molecule has 2 fully saturated rings. The summed E-state index contributed by atoms with van der Waals surface area (Å²) in [5.74, 6) is 0.397. The monoisotopic (exact) mass is 248 g/mol. The number of likely N-dealkylation sites (tertiary alicyclic amines) is 1. The molecule has 5 heteroatoms. The van der Waals surface area contributed by atoms with Gasteiger partial charge in [-0.1, -0.05) is 30.3 Å². The van der Waals surface area contributed by atoms with Crippen LogP contribution in [0, 0.1) is 5.92 Å². The summed E-state index contributed by atoms with van der Waals surface area (Å²) in [6, 6.07) is 9.96. The van der Waals surface area contributed by atoms with Gasteiger partial charge in [0.2, 0.25) is 0 Å². The molecule has 1 aromatic carbocycles. The maximum absolute atomic E-state index is 11.9. The van der Waals surface area contributed by atoms with Crippen LogP contribution in [-0.2, 0) is 16.2 Å². The number of amides is 1. The van der Waals surface area contributed by atoms with Crippen molar-refractivity contribution in [2.75, 3.05) is 19.7 Å². The van der Waals surface area contributed by atoms with Gasteiger partial charge >= 0.3 is 6.09 Å². The van der Waals surface area contributed by atoms with Crippen LogP contribution in [0.3, 0.4) is 0 Å². The Morgan fingerprint density at radius 3 is 3.00 bits per heavy atom. The minimum Gasteiger partial charge on any atom is -0.445 e. The molecule has 3 rings (SSSR count). The highest BCUT2D eigenvalue weighted by Gasteiger charge is 2.39. The average molecular weight is 248 g/mol. The number of benzene rings is 1. The molecule has 0 saturated carbocycles. The molecule has 96 valence electrons. The van der Waals surface area contributed by atoms with Gasteiger partial charge < -0.3 is 14.5 Å². The van der Waals surface area contributed by atoms with Crippen molar-refractivity contribution in [3.05, 3.63) is 35.9 Å². The van der Waals surface area contributed by atoms with E-state index in [4.69, 9.17) is 9.57 Å². The van der Waals surface area contributed by atoms with Crippen LogP contribution in [0.25, 0.3) is 0 Å². The first kappa shape index (κ1) is 11.5. The van der Waals surface area contributed by atoms with Crippen LogP contribution in [-0.4, -0.2) is 36.7 Å². The lowest BCUT2D eigenvalue weighted by Gasteiger charge is -2.17. The number of hydroxylamine groups is 1. The zero-order valence-electron chi connectivity index (χ0n) is 10.0. The van der Waals surface area contributed by atoms with Gasteiger partial charge in [-0.2, -0.15) is 5.48 Å². The predicted molar refractivity (Wildman–Crippen MR) is 64.6 cm³/mol. The highest BCUT2D eigenvalue weighted by atomic mass is 16.7. The van der Waals surface area contributed by atoms with E-state index in [0.29, 0.717) is 32.2 Å². The third-order valence-electron chi connectivity index (χ3n) is 3.44. The van der Waals surface area contributed by atoms with E-state index >= 15 is 0 Å². The smallest absolute Gasteiger partial charge is 0.410 e. The first-order chi connectivity index (χ1) is 8.83. The summed E-state index contributed by atoms with van der Waals surface area (Å²) in [6.07, 6.45) is -0.241. The molecule has 1 N–H and O–H groups in total. The third-order valence-corrected chi connectivity index (χ3v) is 3.44. The van der Waals surface area contributed by atoms with E-state index in [1.807, 2.05) is 30.3 Å². The highest BCUT2D eigenvalue weighted by molar-refractivity contribution is 5.68. The molecule has 18 heavy (non-hydrogen) atoms. The van der Waals surface area contributed by atoms with Crippen LogP contribution in [0.4, 0.5) is 4.79 Å². The molecule has 5 nitrogen and oxygen atoms in total. The fraction of sp³-hybridized carbons (Fsp3) is 0.462. The molecule has 2 aliphatic heterocycles. The van der Waals surface area contributed by atoms with Crippen LogP contribution in [0.1, 0.15) is 5.56 Å². The summed E-state index contributed by atoms with van der Waals surface area (Å²) in [5.41, 5.74) is 3.93. The number of carbonyl (C=O) groups excluding carboxylic acids is 1. The Hall–Kier alpha value is -1.59. The van der Waals surface area contributed by atoms with Crippen molar-refractivity contribution in [2.24, 2.45) is 5.92 Å². The zero-order valence-corrected chi connectivity index (χ0v) is 10.0. The van der Waals surface area contributed by atoms with Gasteiger partial charge in [0.15, 0.2) is 0 Å². The number of fused-ring (bicyclic) bond motifs is 1. The fourth-order valence-electron chi connectivity index (χ4n) is 2.40. The van der Waals surface area contributed by atoms with E-state index < -0.39 is 0 Å². The van der Waals surface area contributed by atoms with Gasteiger partial charge in [0.05, 0.1) is 12.6 Å². The number of hydrogen-bond donors (Lipinski definition) is 1. The van der Waals surface area contributed by atoms with Crippen LogP contribution in [0.15, 0.2) is 30.3 Å². The standard InChI is InChI=1S/C13H16N2O3/c16-13(17-8-10-4-2-1-3-5-10)15-6-11-9-18-14-12(11)7-15/h1-5,11-12,14H,6-9H2. The van der Waals surface area contributed by atoms with Crippen molar-refractivity contribution in [2.45, 2.75) is 12.6 Å². The van der Waals surface area contributed by atoms with Gasteiger partial charge in [0.1, 0.15) is 6.61 Å². The first-order valence-electron chi connectivity index (χ1n) is 6.16. The van der Waals surface area contributed by atoms with E-state index in [2.05, 4.69) is 5.48 Å². The number of rotatable bonds is 2. The molecule has 0 spiro atoms. The Labute approximate surface area is 106 Å². The number of hydrogen-bond acceptors (Lipinski definition) is 4. The number of nitrogens with one attached hydrogen (secondary N) is 1. The Morgan fingerprint density at radius 1 is 1.39 bits per heavy atom. The Kier molecular flexibility index (Phi) is 3.17. The molecular formula is C13H16N2O3. The largest absolute Gasteiger partial charge is 0.445 e. The summed E-state index contributed by atoms with van der Waals surface area (Å²) in [4.78, 5) is 18.8. The maximum atomic E-state index is 11.9. The van der Waals surface area contributed by atoms with E-state index in [9.17, 15) is 4.79 Å². The normalized spacial score (nSPS) is 26.1. The Bertz CT molecular complexity index is 412. The van der Waals surface area contributed by atoms with Gasteiger partial charge in [0.25, 0.3) is 0 Å². The van der Waals surface area contributed by atoms with Crippen molar-refractivity contribution >= 4 is 6.09 Å². The van der Waals surface area contributed by atoms with E-state index in [-0.39, 0.29) is 12.1 Å². The minimum absolute atomic E-state index is 0.241. The van der Waals surface area contributed by atoms with Crippen molar-refractivity contribution in [3.8, 4) is 0 Å². The summed E-state index contributed by atoms with van der Waals surface area (Å²) in [6.45, 7) is 2.38. The topological polar surface area (TPSA) is 50.8 Å². The number of nitrogens with zero attached hydrogens (tertiary/aromatic N) is 1. The number of carbonyl (C=O) groups is 1. The molecule has 2 atom stereocenters. The Balaban J connectivity index is 1.50. The average Bonchev–Trinajstić information content (AvgIpc) is 2.98. The summed E-state index contributed by atoms with van der Waals surface area (Å²) < 4.78 is 5.30. The molecular weight excluding hydrogens is 232 g/mol. The van der Waals surface area contributed by atoms with Gasteiger partial charge in [0, 0.05) is 19.0 Å². The Morgan fingerprint density at radius 2 is 2.22 bits per heavy atom. The van der Waals surface area contributed by atoms with E-state index in [1.54, 1.807) is 4.90 Å². The minimum atomic E-state index is -0.241. The van der Waals surface area contributed by atoms with Gasteiger partial charge in [-0.15, -0.1) is 0 Å². The third kappa shape index (κ3) is 2.32. The molecule has 2 saturated heterocycles. The molecule has 2 heterocycles. The second-order valence-electron chi connectivity index (χ2n) is 4.74. The quantitative estimate of drug-likeness (QED) is 0.853. The molecule has 2 aliphatic rings. The maximum Gasteiger partial charge on any atom is 0.410 e. The molecule has 2 unspecified atom stereocenters. The summed E-state index contributed by atoms with van der Waals surface area (Å²) in [5, 5.41) is 0. The van der Waals surface area contributed by atoms with Crippen molar-refractivity contribution < 1.29 is 14.4 Å². The molecule has 1 amide bonds. The van der Waals surface area contributed by atoms with E-state index in [1.165, 1.54) is 0 Å². The second-order valence-corrected chi connectivity index (χ2v) is 4.74. The van der Waals surface area contributed by atoms with Crippen molar-refractivity contribution in [1.29, 1.82) is 0 Å². The predicted octanol–water partition coefficient (Wildman–Crippen LogP) is 1.16. The molecule has 0 radical (unpaired) electrons. The molecule has 0 bridgehead atoms. The number of ether oxygens (including phenoxy) is 1. The summed E-state index contributed by atoms with van der Waals surface area (Å²) >= 11 is 0. The van der Waals surface area contributed by atoms with Crippen LogP contribution in [0.2, 0.25) is 0 Å². The van der Waals surface area contributed by atoms with Crippen molar-refractivity contribution in [3.63, 3.8) is 0 Å². The first-order valence-corrected chi connectivity index (χ1v) is 6.16. The van der Waals surface area contributed by atoms with E-state index in [0.717, 1.165) is 5.56 Å². The fourth-order valence-corrected chi connectivity index (χ4v) is 2.40. The summed E-state index contributed by atoms with van der Waals surface area (Å²) in [7, 11) is 0. The zero-order chi connectivity index (χ0) is 12.4. The van der Waals surface area contributed by atoms with Gasteiger partial charge in [-0.3, -0.25) is 0 Å². The van der Waals surface area contributed by atoms with Crippen LogP contribution >= 0.6 is 0 Å². The lowest BCUT2D eigenvalue weighted by atomic mass is 10.1. The van der Waals surface area contributed by atoms with Crippen LogP contribution < -0.4 is 5.48 Å². The van der Waals surface area contributed by atoms with Gasteiger partial charge in [-0.25, -0.2) is 4.79 Å². The van der Waals surface area contributed by atoms with Gasteiger partial charge in [-0.05, 0) is 5.56 Å². The van der Waals surface area contributed by atoms with Crippen LogP contribution in [0.5, 0.6) is 0 Å².